The second-order valence-corrected chi connectivity index (χ2v) is 15.6. The fourth-order valence-electron chi connectivity index (χ4n) is 7.51. The lowest BCUT2D eigenvalue weighted by Crippen LogP contribution is -2.75. The van der Waals surface area contributed by atoms with Gasteiger partial charge in [-0.15, -0.1) is 0 Å². The molecule has 8 rings (SSSR count). The molecule has 0 bridgehead atoms. The van der Waals surface area contributed by atoms with Gasteiger partial charge in [0.15, 0.2) is 8.07 Å². The average molecular weight is 628 g/mol. The highest BCUT2D eigenvalue weighted by atomic mass is 28.3. The molecule has 0 radical (unpaired) electrons. The fourth-order valence-corrected chi connectivity index (χ4v) is 12.5. The molecular formula is C44H29N3Si. The highest BCUT2D eigenvalue weighted by molar-refractivity contribution is 7.20. The number of nitriles is 2. The van der Waals surface area contributed by atoms with E-state index in [9.17, 15) is 10.5 Å². The standard InChI is InChI=1S/C44H29N3Si/c45-30-32-16-14-29-43(48(33-17-4-1-5-18-33,34-19-6-2-7-20-34)35-21-8-3-9-22-35)44(32)38-25-15-28-42(39(38)31-46)47-40-26-12-10-23-36(40)37-24-11-13-27-41(37)47/h1-29H. The molecular weight excluding hydrogens is 599 g/mol. The molecule has 0 N–H and O–H groups in total. The van der Waals surface area contributed by atoms with Crippen molar-refractivity contribution in [1.82, 2.24) is 4.57 Å². The zero-order valence-corrected chi connectivity index (χ0v) is 27.1. The number of nitrogens with zero attached hydrogens (tertiary/aromatic N) is 3. The zero-order valence-electron chi connectivity index (χ0n) is 26.1. The lowest BCUT2D eigenvalue weighted by atomic mass is 9.95. The summed E-state index contributed by atoms with van der Waals surface area (Å²) >= 11 is 0. The van der Waals surface area contributed by atoms with Gasteiger partial charge in [-0.1, -0.05) is 152 Å². The van der Waals surface area contributed by atoms with Gasteiger partial charge in [0, 0.05) is 21.9 Å². The fraction of sp³-hybridized carbons (Fsp3) is 0. The van der Waals surface area contributed by atoms with Crippen LogP contribution in [-0.4, -0.2) is 12.6 Å². The SMILES string of the molecule is N#Cc1cccc([Si](c2ccccc2)(c2ccccc2)c2ccccc2)c1-c1cccc(-n2c3ccccc3c3ccccc32)c1C#N. The summed E-state index contributed by atoms with van der Waals surface area (Å²) < 4.78 is 2.19. The predicted molar refractivity (Wildman–Crippen MR) is 199 cm³/mol. The highest BCUT2D eigenvalue weighted by Gasteiger charge is 2.43. The number of fused-ring (bicyclic) bond motifs is 3. The Hall–Kier alpha value is -6.46. The van der Waals surface area contributed by atoms with Crippen LogP contribution in [0.3, 0.4) is 0 Å². The summed E-state index contributed by atoms with van der Waals surface area (Å²) in [4.78, 5) is 0. The second kappa shape index (κ2) is 12.0. The Labute approximate surface area is 280 Å². The van der Waals surface area contributed by atoms with Crippen molar-refractivity contribution in [2.45, 2.75) is 0 Å². The molecule has 0 aliphatic carbocycles. The summed E-state index contributed by atoms with van der Waals surface area (Å²) in [5.74, 6) is 0. The maximum Gasteiger partial charge on any atom is 0.180 e. The molecule has 0 aliphatic rings. The Balaban J connectivity index is 1.52. The monoisotopic (exact) mass is 627 g/mol. The van der Waals surface area contributed by atoms with Crippen molar-refractivity contribution >= 4 is 50.6 Å². The van der Waals surface area contributed by atoms with E-state index in [-0.39, 0.29) is 0 Å². The van der Waals surface area contributed by atoms with Crippen molar-refractivity contribution in [2.24, 2.45) is 0 Å². The van der Waals surface area contributed by atoms with E-state index in [1.54, 1.807) is 0 Å². The Kier molecular flexibility index (Phi) is 7.27. The van der Waals surface area contributed by atoms with Gasteiger partial charge >= 0.3 is 0 Å². The van der Waals surface area contributed by atoms with Gasteiger partial charge in [0.05, 0.1) is 33.9 Å². The minimum Gasteiger partial charge on any atom is -0.308 e. The molecule has 8 aromatic rings. The van der Waals surface area contributed by atoms with E-state index in [0.29, 0.717) is 11.1 Å². The molecule has 48 heavy (non-hydrogen) atoms. The third-order valence-corrected chi connectivity index (χ3v) is 14.3. The molecule has 0 saturated heterocycles. The summed E-state index contributed by atoms with van der Waals surface area (Å²) in [6, 6.07) is 66.0. The quantitative estimate of drug-likeness (QED) is 0.141. The van der Waals surface area contributed by atoms with Crippen LogP contribution in [0.15, 0.2) is 176 Å². The number of hydrogen-bond donors (Lipinski definition) is 0. The van der Waals surface area contributed by atoms with Crippen LogP contribution < -0.4 is 20.7 Å². The van der Waals surface area contributed by atoms with E-state index in [1.165, 1.54) is 15.6 Å². The van der Waals surface area contributed by atoms with Crippen LogP contribution in [-0.2, 0) is 0 Å². The first kappa shape index (κ1) is 29.0. The summed E-state index contributed by atoms with van der Waals surface area (Å²) in [7, 11) is -3.05. The number of aromatic nitrogens is 1. The minimum absolute atomic E-state index is 0.532. The average Bonchev–Trinajstić information content (AvgIpc) is 3.50. The minimum atomic E-state index is -3.05. The molecule has 0 atom stereocenters. The number of hydrogen-bond acceptors (Lipinski definition) is 2. The van der Waals surface area contributed by atoms with Gasteiger partial charge in [-0.2, -0.15) is 10.5 Å². The van der Waals surface area contributed by atoms with Crippen LogP contribution in [0.4, 0.5) is 0 Å². The van der Waals surface area contributed by atoms with E-state index >= 15 is 0 Å². The summed E-state index contributed by atoms with van der Waals surface area (Å²) in [6.07, 6.45) is 0. The van der Waals surface area contributed by atoms with Crippen molar-refractivity contribution < 1.29 is 0 Å². The molecule has 1 aromatic heterocycles. The molecule has 224 valence electrons. The Morgan fingerprint density at radius 1 is 0.438 bits per heavy atom. The Bertz CT molecular complexity index is 2370. The highest BCUT2D eigenvalue weighted by Crippen LogP contribution is 2.36. The van der Waals surface area contributed by atoms with Crippen LogP contribution >= 0.6 is 0 Å². The Morgan fingerprint density at radius 3 is 1.42 bits per heavy atom. The molecule has 7 aromatic carbocycles. The van der Waals surface area contributed by atoms with Gasteiger partial charge in [-0.3, -0.25) is 0 Å². The lowest BCUT2D eigenvalue weighted by molar-refractivity contribution is 1.17. The molecule has 0 spiro atoms. The first-order valence-electron chi connectivity index (χ1n) is 16.0. The van der Waals surface area contributed by atoms with Crippen LogP contribution in [0, 0.1) is 22.7 Å². The van der Waals surface area contributed by atoms with Crippen LogP contribution in [0.1, 0.15) is 11.1 Å². The smallest absolute Gasteiger partial charge is 0.180 e. The zero-order chi connectivity index (χ0) is 32.5. The molecule has 4 heteroatoms. The summed E-state index contributed by atoms with van der Waals surface area (Å²) in [6.45, 7) is 0. The van der Waals surface area contributed by atoms with Crippen molar-refractivity contribution in [3.05, 3.63) is 187 Å². The van der Waals surface area contributed by atoms with Gasteiger partial charge in [-0.05, 0) is 45.0 Å². The van der Waals surface area contributed by atoms with Crippen LogP contribution in [0.5, 0.6) is 0 Å². The molecule has 3 nitrogen and oxygen atoms in total. The topological polar surface area (TPSA) is 52.5 Å². The second-order valence-electron chi connectivity index (χ2n) is 11.9. The van der Waals surface area contributed by atoms with Crippen molar-refractivity contribution in [3.63, 3.8) is 0 Å². The molecule has 0 aliphatic heterocycles. The molecule has 0 unspecified atom stereocenters. The van der Waals surface area contributed by atoms with Gasteiger partial charge in [0.1, 0.15) is 6.07 Å². The maximum atomic E-state index is 11.1. The van der Waals surface area contributed by atoms with E-state index in [0.717, 1.165) is 43.8 Å². The number of benzene rings is 7. The molecule has 0 fully saturated rings. The first-order chi connectivity index (χ1) is 23.8. The largest absolute Gasteiger partial charge is 0.308 e. The van der Waals surface area contributed by atoms with Gasteiger partial charge in [0.25, 0.3) is 0 Å². The number of para-hydroxylation sites is 2. The van der Waals surface area contributed by atoms with Gasteiger partial charge in [0.2, 0.25) is 0 Å². The molecule has 1 heterocycles. The van der Waals surface area contributed by atoms with Crippen LogP contribution in [0.2, 0.25) is 0 Å². The van der Waals surface area contributed by atoms with E-state index in [4.69, 9.17) is 0 Å². The van der Waals surface area contributed by atoms with E-state index < -0.39 is 8.07 Å². The van der Waals surface area contributed by atoms with Gasteiger partial charge in [-0.25, -0.2) is 0 Å². The predicted octanol–water partition coefficient (Wildman–Crippen LogP) is 7.57. The third-order valence-electron chi connectivity index (χ3n) is 9.45. The van der Waals surface area contributed by atoms with Crippen LogP contribution in [0.25, 0.3) is 38.6 Å². The van der Waals surface area contributed by atoms with Crippen molar-refractivity contribution in [2.75, 3.05) is 0 Å². The lowest BCUT2D eigenvalue weighted by Gasteiger charge is -2.36. The summed E-state index contributed by atoms with van der Waals surface area (Å²) in [5, 5.41) is 28.8. The van der Waals surface area contributed by atoms with Crippen molar-refractivity contribution in [3.8, 4) is 29.0 Å². The van der Waals surface area contributed by atoms with E-state index in [1.807, 2.05) is 60.7 Å². The maximum absolute atomic E-state index is 11.1. The first-order valence-corrected chi connectivity index (χ1v) is 18.0. The summed E-state index contributed by atoms with van der Waals surface area (Å²) in [5.41, 5.74) is 5.49. The molecule has 0 saturated carbocycles. The normalized spacial score (nSPS) is 11.3. The Morgan fingerprint density at radius 2 is 0.917 bits per heavy atom. The van der Waals surface area contributed by atoms with Crippen molar-refractivity contribution in [1.29, 1.82) is 10.5 Å². The molecule has 0 amide bonds. The third kappa shape index (κ3) is 4.40. The van der Waals surface area contributed by atoms with E-state index in [2.05, 4.69) is 132 Å². The van der Waals surface area contributed by atoms with Gasteiger partial charge < -0.3 is 4.57 Å². The number of rotatable bonds is 6.